The Morgan fingerprint density at radius 2 is 1.57 bits per heavy atom. The fourth-order valence-corrected chi connectivity index (χ4v) is 2.55. The normalized spacial score (nSPS) is 10.5. The molecule has 0 unspecified atom stereocenters. The third kappa shape index (κ3) is 3.92. The molecule has 0 aliphatic heterocycles. The maximum atomic E-state index is 11.4. The molecule has 0 aliphatic rings. The van der Waals surface area contributed by atoms with Gasteiger partial charge in [0.25, 0.3) is 0 Å². The molecule has 0 spiro atoms. The highest BCUT2D eigenvalue weighted by Crippen LogP contribution is 2.32. The van der Waals surface area contributed by atoms with Gasteiger partial charge in [-0.05, 0) is 26.0 Å². The Balaban J connectivity index is 3.42. The molecule has 0 atom stereocenters. The average Bonchev–Trinajstić information content (AvgIpc) is 2.38. The SMILES string of the molecule is CCN(C(=O)O)C(c1ccc(Cl)cc1Cl)N(CC)C(=O)O. The first kappa shape index (κ1) is 17.4. The number of hydrogen-bond donors (Lipinski definition) is 2. The first-order valence-corrected chi connectivity index (χ1v) is 7.03. The van der Waals surface area contributed by atoms with Crippen molar-refractivity contribution >= 4 is 35.4 Å². The zero-order chi connectivity index (χ0) is 16.2. The lowest BCUT2D eigenvalue weighted by Gasteiger charge is -2.36. The quantitative estimate of drug-likeness (QED) is 0.797. The molecule has 6 nitrogen and oxygen atoms in total. The third-order valence-electron chi connectivity index (χ3n) is 3.00. The van der Waals surface area contributed by atoms with Crippen molar-refractivity contribution in [2.45, 2.75) is 20.0 Å². The Bertz CT molecular complexity index is 517. The van der Waals surface area contributed by atoms with Crippen molar-refractivity contribution in [1.82, 2.24) is 9.80 Å². The lowest BCUT2D eigenvalue weighted by molar-refractivity contribution is 0.0483. The number of halogens is 2. The van der Waals surface area contributed by atoms with Crippen LogP contribution in [0.25, 0.3) is 0 Å². The highest BCUT2D eigenvalue weighted by molar-refractivity contribution is 6.35. The average molecular weight is 335 g/mol. The largest absolute Gasteiger partial charge is 0.465 e. The van der Waals surface area contributed by atoms with E-state index in [0.29, 0.717) is 10.6 Å². The maximum absolute atomic E-state index is 11.4. The van der Waals surface area contributed by atoms with Crippen LogP contribution in [0.4, 0.5) is 9.59 Å². The Morgan fingerprint density at radius 3 is 1.90 bits per heavy atom. The van der Waals surface area contributed by atoms with Gasteiger partial charge >= 0.3 is 12.2 Å². The molecule has 0 heterocycles. The van der Waals surface area contributed by atoms with Crippen molar-refractivity contribution in [3.05, 3.63) is 33.8 Å². The summed E-state index contributed by atoms with van der Waals surface area (Å²) in [5, 5.41) is 19.2. The Hall–Kier alpha value is -1.66. The summed E-state index contributed by atoms with van der Waals surface area (Å²) in [6, 6.07) is 4.53. The third-order valence-corrected chi connectivity index (χ3v) is 3.57. The van der Waals surface area contributed by atoms with Gasteiger partial charge < -0.3 is 10.2 Å². The first-order chi connectivity index (χ1) is 9.83. The molecule has 0 aliphatic carbocycles. The molecule has 8 heteroatoms. The summed E-state index contributed by atoms with van der Waals surface area (Å²) in [6.45, 7) is 3.48. The van der Waals surface area contributed by atoms with E-state index >= 15 is 0 Å². The van der Waals surface area contributed by atoms with Gasteiger partial charge in [-0.1, -0.05) is 29.3 Å². The van der Waals surface area contributed by atoms with Crippen molar-refractivity contribution in [2.75, 3.05) is 13.1 Å². The van der Waals surface area contributed by atoms with Gasteiger partial charge in [0, 0.05) is 28.7 Å². The van der Waals surface area contributed by atoms with Gasteiger partial charge in [-0.2, -0.15) is 0 Å². The smallest absolute Gasteiger partial charge is 0.409 e. The second kappa shape index (κ2) is 7.38. The second-order valence-corrected chi connectivity index (χ2v) is 5.02. The molecule has 0 aromatic heterocycles. The van der Waals surface area contributed by atoms with Gasteiger partial charge in [0.05, 0.1) is 0 Å². The van der Waals surface area contributed by atoms with Crippen LogP contribution in [0.5, 0.6) is 0 Å². The molecule has 0 bridgehead atoms. The molecule has 21 heavy (non-hydrogen) atoms. The van der Waals surface area contributed by atoms with E-state index in [1.54, 1.807) is 19.9 Å². The fourth-order valence-electron chi connectivity index (χ4n) is 2.04. The van der Waals surface area contributed by atoms with E-state index < -0.39 is 18.4 Å². The summed E-state index contributed by atoms with van der Waals surface area (Å²) >= 11 is 11.9. The first-order valence-electron chi connectivity index (χ1n) is 6.27. The topological polar surface area (TPSA) is 81.1 Å². The fraction of sp³-hybridized carbons (Fsp3) is 0.385. The van der Waals surface area contributed by atoms with Crippen LogP contribution < -0.4 is 0 Å². The Morgan fingerprint density at radius 1 is 1.10 bits per heavy atom. The summed E-state index contributed by atoms with van der Waals surface area (Å²) in [4.78, 5) is 24.8. The molecule has 1 aromatic carbocycles. The second-order valence-electron chi connectivity index (χ2n) is 4.18. The maximum Gasteiger partial charge on any atom is 0.409 e. The van der Waals surface area contributed by atoms with E-state index in [0.717, 1.165) is 9.80 Å². The van der Waals surface area contributed by atoms with Crippen molar-refractivity contribution < 1.29 is 19.8 Å². The zero-order valence-corrected chi connectivity index (χ0v) is 13.1. The number of nitrogens with zero attached hydrogens (tertiary/aromatic N) is 2. The minimum atomic E-state index is -1.23. The van der Waals surface area contributed by atoms with Crippen LogP contribution in [-0.4, -0.2) is 45.3 Å². The van der Waals surface area contributed by atoms with Crippen molar-refractivity contribution in [3.63, 3.8) is 0 Å². The van der Waals surface area contributed by atoms with Crippen molar-refractivity contribution in [2.24, 2.45) is 0 Å². The number of hydrogen-bond acceptors (Lipinski definition) is 2. The molecular formula is C13H16Cl2N2O4. The molecule has 0 radical (unpaired) electrons. The Labute approximate surface area is 132 Å². The van der Waals surface area contributed by atoms with Crippen LogP contribution in [0.2, 0.25) is 10.0 Å². The van der Waals surface area contributed by atoms with E-state index in [4.69, 9.17) is 23.2 Å². The molecular weight excluding hydrogens is 319 g/mol. The standard InChI is InChI=1S/C13H16Cl2N2O4/c1-3-16(12(18)19)11(17(4-2)13(20)21)9-6-5-8(14)7-10(9)15/h5-7,11H,3-4H2,1-2H3,(H,18,19)(H,20,21). The van der Waals surface area contributed by atoms with Gasteiger partial charge in [0.2, 0.25) is 0 Å². The minimum Gasteiger partial charge on any atom is -0.465 e. The van der Waals surface area contributed by atoms with Crippen LogP contribution in [0, 0.1) is 0 Å². The van der Waals surface area contributed by atoms with Gasteiger partial charge in [-0.15, -0.1) is 0 Å². The molecule has 1 aromatic rings. The molecule has 2 amide bonds. The molecule has 0 saturated carbocycles. The van der Waals surface area contributed by atoms with Gasteiger partial charge in [-0.3, -0.25) is 9.80 Å². The lowest BCUT2D eigenvalue weighted by Crippen LogP contribution is -2.46. The number of carboxylic acid groups (broad SMARTS) is 2. The predicted molar refractivity (Wildman–Crippen MR) is 80.0 cm³/mol. The Kier molecular flexibility index (Phi) is 6.11. The molecule has 2 N–H and O–H groups in total. The number of amides is 2. The summed E-state index contributed by atoms with van der Waals surface area (Å²) < 4.78 is 0. The highest BCUT2D eigenvalue weighted by atomic mass is 35.5. The lowest BCUT2D eigenvalue weighted by atomic mass is 10.1. The van der Waals surface area contributed by atoms with Crippen molar-refractivity contribution in [3.8, 4) is 0 Å². The highest BCUT2D eigenvalue weighted by Gasteiger charge is 2.33. The predicted octanol–water partition coefficient (Wildman–Crippen LogP) is 3.99. The molecule has 1 rings (SSSR count). The molecule has 116 valence electrons. The minimum absolute atomic E-state index is 0.114. The van der Waals surface area contributed by atoms with E-state index in [2.05, 4.69) is 0 Å². The summed E-state index contributed by atoms with van der Waals surface area (Å²) in [5.74, 6) is 0. The number of rotatable bonds is 5. The van der Waals surface area contributed by atoms with Gasteiger partial charge in [-0.25, -0.2) is 9.59 Å². The van der Waals surface area contributed by atoms with E-state index in [9.17, 15) is 19.8 Å². The van der Waals surface area contributed by atoms with E-state index in [1.165, 1.54) is 12.1 Å². The summed E-state index contributed by atoms with van der Waals surface area (Å²) in [7, 11) is 0. The number of benzene rings is 1. The summed E-state index contributed by atoms with van der Waals surface area (Å²) in [6.07, 6.45) is -3.48. The van der Waals surface area contributed by atoms with Crippen LogP contribution in [0.1, 0.15) is 25.6 Å². The number of carbonyl (C=O) groups is 2. The van der Waals surface area contributed by atoms with Gasteiger partial charge in [0.15, 0.2) is 0 Å². The van der Waals surface area contributed by atoms with Crippen LogP contribution in [0.15, 0.2) is 18.2 Å². The van der Waals surface area contributed by atoms with E-state index in [1.807, 2.05) is 0 Å². The molecule has 0 saturated heterocycles. The van der Waals surface area contributed by atoms with Crippen LogP contribution in [-0.2, 0) is 0 Å². The molecule has 0 fully saturated rings. The summed E-state index contributed by atoms with van der Waals surface area (Å²) in [5.41, 5.74) is 0.370. The van der Waals surface area contributed by atoms with Gasteiger partial charge in [0.1, 0.15) is 6.17 Å². The van der Waals surface area contributed by atoms with E-state index in [-0.39, 0.29) is 18.1 Å². The van der Waals surface area contributed by atoms with Crippen LogP contribution >= 0.6 is 23.2 Å². The van der Waals surface area contributed by atoms with Crippen molar-refractivity contribution in [1.29, 1.82) is 0 Å². The zero-order valence-electron chi connectivity index (χ0n) is 11.6. The van der Waals surface area contributed by atoms with Crippen LogP contribution in [0.3, 0.4) is 0 Å². The monoisotopic (exact) mass is 334 g/mol.